The highest BCUT2D eigenvalue weighted by Crippen LogP contribution is 2.42. The second-order valence-corrected chi connectivity index (χ2v) is 14.8. The summed E-state index contributed by atoms with van der Waals surface area (Å²) in [7, 11) is 4.18. The predicted molar refractivity (Wildman–Crippen MR) is 172 cm³/mol. The van der Waals surface area contributed by atoms with Gasteiger partial charge in [-0.3, -0.25) is 9.59 Å². The molecule has 1 aromatic heterocycles. The summed E-state index contributed by atoms with van der Waals surface area (Å²) in [5, 5.41) is 0. The zero-order valence-corrected chi connectivity index (χ0v) is 29.5. The summed E-state index contributed by atoms with van der Waals surface area (Å²) in [6.45, 7) is 19.7. The Morgan fingerprint density at radius 1 is 1.09 bits per heavy atom. The number of carbonyl (C=O) groups excluding carboxylic acids is 3. The molecule has 254 valence electrons. The van der Waals surface area contributed by atoms with Gasteiger partial charge in [-0.25, -0.2) is 14.3 Å². The van der Waals surface area contributed by atoms with Crippen LogP contribution in [0.5, 0.6) is 0 Å². The van der Waals surface area contributed by atoms with Crippen molar-refractivity contribution in [3.63, 3.8) is 0 Å². The standard InChI is InChI=1S/C35H57N3O7/c1-13-28-35(10,45-33(41)38-15-14-36-20-38)19-24(5)29(39)23(4)18-34(8,9)30(21(2)16-22(3)31(40)43-28)44-32-26(7)27(37(11)12)17-25(6)42-32/h14-15,19-23,25-28,30,32H,13,16-18H2,1-12H3/b24-19+/t21?,22?,23?,25?,26-,27?,28-,30?,32?,35?/m1/s1. The van der Waals surface area contributed by atoms with Crippen LogP contribution in [0, 0.1) is 29.1 Å². The molecule has 2 aliphatic heterocycles. The Morgan fingerprint density at radius 3 is 2.33 bits per heavy atom. The van der Waals surface area contributed by atoms with Crippen LogP contribution >= 0.6 is 0 Å². The molecule has 0 bridgehead atoms. The van der Waals surface area contributed by atoms with Gasteiger partial charge in [0.15, 0.2) is 17.7 Å². The zero-order chi connectivity index (χ0) is 33.9. The first kappa shape index (κ1) is 36.9. The van der Waals surface area contributed by atoms with Crippen LogP contribution in [0.4, 0.5) is 4.79 Å². The number of ether oxygens (including phenoxy) is 4. The molecule has 10 nitrogen and oxygen atoms in total. The number of hydrogen-bond donors (Lipinski definition) is 0. The number of cyclic esters (lactones) is 1. The largest absolute Gasteiger partial charge is 0.458 e. The number of hydrogen-bond acceptors (Lipinski definition) is 9. The average molecular weight is 632 g/mol. The maximum Gasteiger partial charge on any atom is 0.420 e. The topological polar surface area (TPSA) is 109 Å². The number of Topliss-reactive ketones (excluding diaryl/α,β-unsaturated/α-hetero) is 1. The van der Waals surface area contributed by atoms with Crippen molar-refractivity contribution in [3.8, 4) is 0 Å². The molecule has 3 heterocycles. The molecule has 0 amide bonds. The van der Waals surface area contributed by atoms with Crippen molar-refractivity contribution in [1.29, 1.82) is 0 Å². The van der Waals surface area contributed by atoms with E-state index >= 15 is 0 Å². The molecule has 0 saturated carbocycles. The smallest absolute Gasteiger partial charge is 0.420 e. The Bertz CT molecular complexity index is 1200. The van der Waals surface area contributed by atoms with Gasteiger partial charge in [0.05, 0.1) is 18.1 Å². The molecule has 45 heavy (non-hydrogen) atoms. The van der Waals surface area contributed by atoms with Crippen LogP contribution in [0.15, 0.2) is 30.4 Å². The third kappa shape index (κ3) is 8.83. The van der Waals surface area contributed by atoms with E-state index in [0.717, 1.165) is 6.42 Å². The summed E-state index contributed by atoms with van der Waals surface area (Å²) in [6, 6.07) is 0.307. The molecule has 3 rings (SSSR count). The fraction of sp³-hybridized carbons (Fsp3) is 0.771. The van der Waals surface area contributed by atoms with Crippen molar-refractivity contribution in [2.24, 2.45) is 29.1 Å². The van der Waals surface area contributed by atoms with Crippen LogP contribution in [0.1, 0.15) is 94.9 Å². The molecule has 10 atom stereocenters. The number of imidazole rings is 1. The summed E-state index contributed by atoms with van der Waals surface area (Å²) in [6.07, 6.45) is 6.14. The molecule has 1 aromatic rings. The van der Waals surface area contributed by atoms with Gasteiger partial charge in [0.1, 0.15) is 12.4 Å². The van der Waals surface area contributed by atoms with Crippen LogP contribution < -0.4 is 0 Å². The molecule has 0 radical (unpaired) electrons. The normalized spacial score (nSPS) is 38.2. The maximum atomic E-state index is 13.9. The highest BCUT2D eigenvalue weighted by atomic mass is 16.7. The highest BCUT2D eigenvalue weighted by Gasteiger charge is 2.45. The van der Waals surface area contributed by atoms with Gasteiger partial charge in [-0.15, -0.1) is 0 Å². The van der Waals surface area contributed by atoms with Crippen LogP contribution in [0.3, 0.4) is 0 Å². The molecular formula is C35H57N3O7. The molecular weight excluding hydrogens is 574 g/mol. The lowest BCUT2D eigenvalue weighted by Crippen LogP contribution is -2.52. The van der Waals surface area contributed by atoms with E-state index < -0.39 is 35.4 Å². The predicted octanol–water partition coefficient (Wildman–Crippen LogP) is 6.28. The van der Waals surface area contributed by atoms with E-state index in [1.54, 1.807) is 19.9 Å². The monoisotopic (exact) mass is 631 g/mol. The quantitative estimate of drug-likeness (QED) is 0.347. The molecule has 0 N–H and O–H groups in total. The van der Waals surface area contributed by atoms with E-state index in [9.17, 15) is 14.4 Å². The Kier molecular flexibility index (Phi) is 12.2. The Balaban J connectivity index is 2.01. The molecule has 1 saturated heterocycles. The van der Waals surface area contributed by atoms with Crippen molar-refractivity contribution in [2.45, 2.75) is 131 Å². The number of carbonyl (C=O) groups is 3. The third-order valence-electron chi connectivity index (χ3n) is 9.80. The molecule has 0 spiro atoms. The molecule has 0 aliphatic carbocycles. The lowest BCUT2D eigenvalue weighted by atomic mass is 9.71. The van der Waals surface area contributed by atoms with E-state index in [4.69, 9.17) is 18.9 Å². The van der Waals surface area contributed by atoms with Gasteiger partial charge < -0.3 is 23.8 Å². The lowest BCUT2D eigenvalue weighted by Gasteiger charge is -2.47. The molecule has 10 heteroatoms. The lowest BCUT2D eigenvalue weighted by molar-refractivity contribution is -0.270. The fourth-order valence-corrected chi connectivity index (χ4v) is 7.54. The first-order chi connectivity index (χ1) is 20.9. The summed E-state index contributed by atoms with van der Waals surface area (Å²) in [5.74, 6) is -1.16. The second-order valence-electron chi connectivity index (χ2n) is 14.8. The molecule has 1 fully saturated rings. The maximum absolute atomic E-state index is 13.9. The molecule has 2 aliphatic rings. The molecule has 0 aromatic carbocycles. The summed E-state index contributed by atoms with van der Waals surface area (Å²) in [5.41, 5.74) is -1.39. The third-order valence-corrected chi connectivity index (χ3v) is 9.80. The second kappa shape index (κ2) is 14.9. The van der Waals surface area contributed by atoms with Gasteiger partial charge in [-0.05, 0) is 83.5 Å². The van der Waals surface area contributed by atoms with Gasteiger partial charge >= 0.3 is 12.1 Å². The number of ketones is 1. The minimum absolute atomic E-state index is 0.0425. The van der Waals surface area contributed by atoms with Crippen LogP contribution in [-0.4, -0.2) is 82.6 Å². The average Bonchev–Trinajstić information content (AvgIpc) is 3.49. The SMILES string of the molecule is CC[C@H]1OC(=O)C(C)CC(C)C(OC2OC(C)CC(N(C)C)[C@H]2C)C(C)(C)CC(C)C(=O)/C(C)=C/C1(C)OC(=O)n1ccnc1. The fourth-order valence-electron chi connectivity index (χ4n) is 7.54. The van der Waals surface area contributed by atoms with E-state index in [0.29, 0.717) is 30.9 Å². The van der Waals surface area contributed by atoms with Crippen LogP contribution in [-0.2, 0) is 28.5 Å². The van der Waals surface area contributed by atoms with Gasteiger partial charge in [0.25, 0.3) is 0 Å². The Hall–Kier alpha value is -2.56. The number of esters is 1. The van der Waals surface area contributed by atoms with E-state index in [1.165, 1.54) is 23.3 Å². The van der Waals surface area contributed by atoms with Gasteiger partial charge in [-0.2, -0.15) is 0 Å². The summed E-state index contributed by atoms with van der Waals surface area (Å²) < 4.78 is 26.6. The Morgan fingerprint density at radius 2 is 1.76 bits per heavy atom. The minimum atomic E-state index is -1.39. The number of aromatic nitrogens is 2. The number of rotatable bonds is 5. The van der Waals surface area contributed by atoms with Crippen molar-refractivity contribution in [1.82, 2.24) is 14.5 Å². The summed E-state index contributed by atoms with van der Waals surface area (Å²) >= 11 is 0. The highest BCUT2D eigenvalue weighted by molar-refractivity contribution is 5.96. The van der Waals surface area contributed by atoms with Gasteiger partial charge in [0.2, 0.25) is 0 Å². The minimum Gasteiger partial charge on any atom is -0.458 e. The first-order valence-electron chi connectivity index (χ1n) is 16.5. The van der Waals surface area contributed by atoms with Gasteiger partial charge in [0, 0.05) is 30.3 Å². The van der Waals surface area contributed by atoms with Crippen LogP contribution in [0.25, 0.3) is 0 Å². The van der Waals surface area contributed by atoms with Gasteiger partial charge in [-0.1, -0.05) is 48.5 Å². The van der Waals surface area contributed by atoms with Crippen molar-refractivity contribution < 1.29 is 33.3 Å². The Labute approximate surface area is 270 Å². The molecule has 8 unspecified atom stereocenters. The van der Waals surface area contributed by atoms with E-state index in [-0.39, 0.29) is 41.7 Å². The van der Waals surface area contributed by atoms with E-state index in [1.807, 2.05) is 20.8 Å². The van der Waals surface area contributed by atoms with Crippen molar-refractivity contribution in [2.75, 3.05) is 14.1 Å². The zero-order valence-electron chi connectivity index (χ0n) is 29.5. The van der Waals surface area contributed by atoms with Crippen LogP contribution in [0.2, 0.25) is 0 Å². The number of nitrogens with zero attached hydrogens (tertiary/aromatic N) is 3. The van der Waals surface area contributed by atoms with E-state index in [2.05, 4.69) is 58.6 Å². The van der Waals surface area contributed by atoms with Crippen molar-refractivity contribution in [3.05, 3.63) is 30.4 Å². The summed E-state index contributed by atoms with van der Waals surface area (Å²) in [4.78, 5) is 46.8. The first-order valence-corrected chi connectivity index (χ1v) is 16.5. The van der Waals surface area contributed by atoms with Crippen molar-refractivity contribution >= 4 is 17.8 Å². The number of allylic oxidation sites excluding steroid dienone is 1.